The van der Waals surface area contributed by atoms with Gasteiger partial charge < -0.3 is 25.6 Å². The summed E-state index contributed by atoms with van der Waals surface area (Å²) in [4.78, 5) is 25.4. The molecular formula is C28H43ClN4O3. The molecule has 0 aliphatic carbocycles. The van der Waals surface area contributed by atoms with E-state index < -0.39 is 0 Å². The van der Waals surface area contributed by atoms with E-state index in [0.717, 1.165) is 50.1 Å². The highest BCUT2D eigenvalue weighted by Crippen LogP contribution is 2.24. The van der Waals surface area contributed by atoms with Crippen LogP contribution in [0, 0.1) is 6.92 Å². The Labute approximate surface area is 221 Å². The maximum absolute atomic E-state index is 11.7. The number of rotatable bonds is 14. The predicted octanol–water partition coefficient (Wildman–Crippen LogP) is 5.59. The van der Waals surface area contributed by atoms with Gasteiger partial charge in [0.25, 0.3) is 0 Å². The van der Waals surface area contributed by atoms with Gasteiger partial charge in [-0.05, 0) is 76.3 Å². The third-order valence-electron chi connectivity index (χ3n) is 5.23. The fourth-order valence-corrected chi connectivity index (χ4v) is 3.28. The molecule has 0 atom stereocenters. The predicted molar refractivity (Wildman–Crippen MR) is 151 cm³/mol. The maximum atomic E-state index is 11.7. The third-order valence-corrected chi connectivity index (χ3v) is 5.55. The minimum atomic E-state index is -0.262. The summed E-state index contributed by atoms with van der Waals surface area (Å²) in [5.41, 5.74) is 3.31. The van der Waals surface area contributed by atoms with Gasteiger partial charge in [0.05, 0.1) is 22.8 Å². The molecule has 0 aliphatic rings. The maximum Gasteiger partial charge on any atom is 0.338 e. The molecule has 8 heteroatoms. The number of unbranched alkanes of at least 4 members (excludes halogenated alkanes) is 2. The average Bonchev–Trinajstić information content (AvgIpc) is 2.85. The van der Waals surface area contributed by atoms with Gasteiger partial charge >= 0.3 is 5.97 Å². The van der Waals surface area contributed by atoms with Crippen LogP contribution in [0.25, 0.3) is 0 Å². The van der Waals surface area contributed by atoms with Crippen molar-refractivity contribution in [2.75, 3.05) is 57.5 Å². The van der Waals surface area contributed by atoms with E-state index in [1.54, 1.807) is 18.2 Å². The molecule has 1 amide bonds. The van der Waals surface area contributed by atoms with Crippen LogP contribution in [0.5, 0.6) is 0 Å². The fraction of sp³-hybridized carbons (Fsp3) is 0.500. The lowest BCUT2D eigenvalue weighted by Gasteiger charge is -2.10. The molecule has 0 spiro atoms. The van der Waals surface area contributed by atoms with E-state index in [1.165, 1.54) is 6.42 Å². The van der Waals surface area contributed by atoms with Crippen molar-refractivity contribution in [1.29, 1.82) is 0 Å². The van der Waals surface area contributed by atoms with Gasteiger partial charge in [0.1, 0.15) is 6.61 Å². The third kappa shape index (κ3) is 13.5. The molecule has 0 heterocycles. The molecule has 2 rings (SSSR count). The minimum absolute atomic E-state index is 0.0581. The van der Waals surface area contributed by atoms with Crippen molar-refractivity contribution in [1.82, 2.24) is 10.2 Å². The summed E-state index contributed by atoms with van der Waals surface area (Å²) in [5.74, 6) is -0.320. The van der Waals surface area contributed by atoms with E-state index in [0.29, 0.717) is 29.4 Å². The lowest BCUT2D eigenvalue weighted by Crippen LogP contribution is -2.29. The van der Waals surface area contributed by atoms with Crippen LogP contribution in [0.3, 0.4) is 0 Å². The van der Waals surface area contributed by atoms with E-state index in [-0.39, 0.29) is 11.9 Å². The Hall–Kier alpha value is -2.61. The summed E-state index contributed by atoms with van der Waals surface area (Å²) in [6.45, 7) is 9.51. The molecule has 3 N–H and O–H groups in total. The van der Waals surface area contributed by atoms with Gasteiger partial charge in [0.2, 0.25) is 5.91 Å². The lowest BCUT2D eigenvalue weighted by atomic mass is 10.2. The summed E-state index contributed by atoms with van der Waals surface area (Å²) in [7, 11) is 3.90. The number of halogens is 1. The molecule has 200 valence electrons. The SMILES string of the molecule is CCCCNCC(=O)Nc1c(C)cccc1Cl.CCCCNc1ccc(C(=O)OCCN(C)C)cc1. The molecule has 0 radical (unpaired) electrons. The zero-order valence-corrected chi connectivity index (χ0v) is 23.2. The summed E-state index contributed by atoms with van der Waals surface area (Å²) in [6.07, 6.45) is 4.52. The number of carbonyl (C=O) groups excluding carboxylic acids is 2. The number of ether oxygens (including phenoxy) is 1. The monoisotopic (exact) mass is 518 g/mol. The van der Waals surface area contributed by atoms with Gasteiger partial charge in [-0.3, -0.25) is 4.79 Å². The molecule has 0 saturated carbocycles. The van der Waals surface area contributed by atoms with Crippen LogP contribution < -0.4 is 16.0 Å². The van der Waals surface area contributed by atoms with Crippen LogP contribution in [-0.4, -0.2) is 63.7 Å². The number of hydrogen-bond donors (Lipinski definition) is 3. The van der Waals surface area contributed by atoms with Crippen molar-refractivity contribution in [2.45, 2.75) is 46.5 Å². The minimum Gasteiger partial charge on any atom is -0.461 e. The summed E-state index contributed by atoms with van der Waals surface area (Å²) in [5, 5.41) is 9.80. The number of hydrogen-bond acceptors (Lipinski definition) is 6. The number of amides is 1. The van der Waals surface area contributed by atoms with Gasteiger partial charge in [-0.1, -0.05) is 50.4 Å². The average molecular weight is 519 g/mol. The molecule has 7 nitrogen and oxygen atoms in total. The van der Waals surface area contributed by atoms with Crippen LogP contribution in [0.1, 0.15) is 55.5 Å². The molecule has 0 saturated heterocycles. The van der Waals surface area contributed by atoms with Crippen molar-refractivity contribution in [3.05, 3.63) is 58.6 Å². The Morgan fingerprint density at radius 3 is 2.25 bits per heavy atom. The van der Waals surface area contributed by atoms with E-state index in [4.69, 9.17) is 16.3 Å². The highest BCUT2D eigenvalue weighted by molar-refractivity contribution is 6.33. The van der Waals surface area contributed by atoms with E-state index in [1.807, 2.05) is 50.2 Å². The zero-order chi connectivity index (χ0) is 26.8. The van der Waals surface area contributed by atoms with Crippen molar-refractivity contribution in [2.24, 2.45) is 0 Å². The number of para-hydroxylation sites is 1. The Bertz CT molecular complexity index is 884. The number of aryl methyl sites for hydroxylation is 1. The van der Waals surface area contributed by atoms with Crippen molar-refractivity contribution < 1.29 is 14.3 Å². The van der Waals surface area contributed by atoms with Crippen molar-refractivity contribution in [3.8, 4) is 0 Å². The second-order valence-corrected chi connectivity index (χ2v) is 9.21. The molecule has 2 aromatic rings. The highest BCUT2D eigenvalue weighted by Gasteiger charge is 2.08. The molecular weight excluding hydrogens is 476 g/mol. The number of nitrogens with one attached hydrogen (secondary N) is 3. The second-order valence-electron chi connectivity index (χ2n) is 8.81. The molecule has 2 aromatic carbocycles. The summed E-state index contributed by atoms with van der Waals surface area (Å²) in [6, 6.07) is 13.0. The Kier molecular flexibility index (Phi) is 16.3. The van der Waals surface area contributed by atoms with Crippen LogP contribution >= 0.6 is 11.6 Å². The van der Waals surface area contributed by atoms with Crippen LogP contribution in [0.4, 0.5) is 11.4 Å². The summed E-state index contributed by atoms with van der Waals surface area (Å²) < 4.78 is 5.18. The van der Waals surface area contributed by atoms with Crippen LogP contribution in [0.15, 0.2) is 42.5 Å². The Morgan fingerprint density at radius 1 is 0.972 bits per heavy atom. The van der Waals surface area contributed by atoms with E-state index >= 15 is 0 Å². The highest BCUT2D eigenvalue weighted by atomic mass is 35.5. The first-order valence-corrected chi connectivity index (χ1v) is 13.1. The largest absolute Gasteiger partial charge is 0.461 e. The summed E-state index contributed by atoms with van der Waals surface area (Å²) >= 11 is 6.02. The van der Waals surface area contributed by atoms with Gasteiger partial charge in [0, 0.05) is 18.8 Å². The van der Waals surface area contributed by atoms with Gasteiger partial charge in [-0.15, -0.1) is 0 Å². The number of esters is 1. The van der Waals surface area contributed by atoms with Gasteiger partial charge in [-0.2, -0.15) is 0 Å². The molecule has 0 unspecified atom stereocenters. The van der Waals surface area contributed by atoms with Crippen molar-refractivity contribution >= 4 is 34.9 Å². The first-order valence-electron chi connectivity index (χ1n) is 12.7. The number of nitrogens with zero attached hydrogens (tertiary/aromatic N) is 1. The quantitative estimate of drug-likeness (QED) is 0.223. The van der Waals surface area contributed by atoms with E-state index in [9.17, 15) is 9.59 Å². The molecule has 36 heavy (non-hydrogen) atoms. The number of likely N-dealkylation sites (N-methyl/N-ethyl adjacent to an activating group) is 1. The van der Waals surface area contributed by atoms with Gasteiger partial charge in [0.15, 0.2) is 0 Å². The normalized spacial score (nSPS) is 10.4. The Morgan fingerprint density at radius 2 is 1.64 bits per heavy atom. The Balaban J connectivity index is 0.000000362. The smallest absolute Gasteiger partial charge is 0.338 e. The lowest BCUT2D eigenvalue weighted by molar-refractivity contribution is -0.115. The fourth-order valence-electron chi connectivity index (χ4n) is 3.02. The number of carbonyl (C=O) groups is 2. The standard InChI is InChI=1S/C15H24N2O2.C13H19ClN2O/c1-4-5-10-16-14-8-6-13(7-9-14)15(18)19-12-11-17(2)3;1-3-4-8-15-9-12(17)16-13-10(2)6-5-7-11(13)14/h6-9,16H,4-5,10-12H2,1-3H3;5-7,15H,3-4,8-9H2,1-2H3,(H,16,17). The second kappa shape index (κ2) is 18.6. The zero-order valence-electron chi connectivity index (χ0n) is 22.5. The first-order chi connectivity index (χ1) is 17.3. The molecule has 0 fully saturated rings. The van der Waals surface area contributed by atoms with Gasteiger partial charge in [-0.25, -0.2) is 4.79 Å². The number of benzene rings is 2. The van der Waals surface area contributed by atoms with Crippen molar-refractivity contribution in [3.63, 3.8) is 0 Å². The molecule has 0 aromatic heterocycles. The van der Waals surface area contributed by atoms with Crippen LogP contribution in [-0.2, 0) is 9.53 Å². The van der Waals surface area contributed by atoms with E-state index in [2.05, 4.69) is 29.8 Å². The molecule has 0 bridgehead atoms. The first kappa shape index (κ1) is 31.4. The topological polar surface area (TPSA) is 82.7 Å². The number of anilines is 2. The van der Waals surface area contributed by atoms with Crippen LogP contribution in [0.2, 0.25) is 5.02 Å². The molecule has 0 aliphatic heterocycles.